The molecule has 0 saturated heterocycles. The Hall–Kier alpha value is -0.610. The van der Waals surface area contributed by atoms with Crippen LogP contribution in [0.3, 0.4) is 0 Å². The Morgan fingerprint density at radius 3 is 2.11 bits per heavy atom. The lowest BCUT2D eigenvalue weighted by Crippen LogP contribution is -2.39. The minimum Gasteiger partial charge on any atom is -0.480 e. The zero-order valence-electron chi connectivity index (χ0n) is 5.46. The molecule has 2 atom stereocenters. The molecule has 0 rings (SSSR count). The summed E-state index contributed by atoms with van der Waals surface area (Å²) in [4.78, 5) is 10.1. The first kappa shape index (κ1) is 8.39. The van der Waals surface area contributed by atoms with E-state index in [-0.39, 0.29) is 0 Å². The molecule has 0 aliphatic heterocycles. The van der Waals surface area contributed by atoms with Gasteiger partial charge in [-0.1, -0.05) is 0 Å². The van der Waals surface area contributed by atoms with Gasteiger partial charge in [-0.3, -0.25) is 10.1 Å². The molecule has 0 amide bonds. The van der Waals surface area contributed by atoms with Crippen LogP contribution in [0, 0.1) is 0 Å². The maximum atomic E-state index is 10.1. The molecule has 4 nitrogen and oxygen atoms in total. The van der Waals surface area contributed by atoms with Gasteiger partial charge in [-0.05, 0) is 13.8 Å². The van der Waals surface area contributed by atoms with Gasteiger partial charge in [-0.15, -0.1) is 0 Å². The molecule has 0 aromatic heterocycles. The number of carboxylic acids is 1. The molecule has 0 saturated carbocycles. The molecular weight excluding hydrogens is 122 g/mol. The normalized spacial score (nSPS) is 16.8. The highest BCUT2D eigenvalue weighted by Gasteiger charge is 2.10. The fraction of sp³-hybridized carbons (Fsp3) is 0.800. The minimum atomic E-state index is -0.962. The van der Waals surface area contributed by atoms with Crippen molar-refractivity contribution >= 4 is 5.97 Å². The Kier molecular flexibility index (Phi) is 3.19. The third-order valence-corrected chi connectivity index (χ3v) is 0.862. The summed E-state index contributed by atoms with van der Waals surface area (Å²) >= 11 is 0. The van der Waals surface area contributed by atoms with Crippen LogP contribution in [0.1, 0.15) is 13.8 Å². The second-order valence-corrected chi connectivity index (χ2v) is 1.90. The van der Waals surface area contributed by atoms with Crippen molar-refractivity contribution in [1.29, 1.82) is 0 Å². The lowest BCUT2D eigenvalue weighted by atomic mass is 10.3. The van der Waals surface area contributed by atoms with Crippen LogP contribution in [0.2, 0.25) is 0 Å². The highest BCUT2D eigenvalue weighted by atomic mass is 16.4. The molecule has 0 bridgehead atoms. The van der Waals surface area contributed by atoms with Gasteiger partial charge in [-0.2, -0.15) is 0 Å². The maximum absolute atomic E-state index is 10.1. The van der Waals surface area contributed by atoms with Crippen molar-refractivity contribution in [2.75, 3.05) is 0 Å². The molecule has 0 aromatic carbocycles. The molecule has 3 N–H and O–H groups in total. The van der Waals surface area contributed by atoms with Crippen molar-refractivity contribution in [2.45, 2.75) is 26.1 Å². The van der Waals surface area contributed by atoms with Crippen molar-refractivity contribution < 1.29 is 15.0 Å². The molecule has 0 aromatic rings. The Morgan fingerprint density at radius 1 is 1.56 bits per heavy atom. The highest BCUT2D eigenvalue weighted by Crippen LogP contribution is 1.82. The second-order valence-electron chi connectivity index (χ2n) is 1.90. The summed E-state index contributed by atoms with van der Waals surface area (Å²) in [6, 6.07) is -0.690. The van der Waals surface area contributed by atoms with Crippen LogP contribution >= 0.6 is 0 Å². The Morgan fingerprint density at radius 2 is 2.00 bits per heavy atom. The van der Waals surface area contributed by atoms with Gasteiger partial charge >= 0.3 is 5.97 Å². The lowest BCUT2D eigenvalue weighted by Gasteiger charge is -2.10. The van der Waals surface area contributed by atoms with Gasteiger partial charge in [0.1, 0.15) is 12.3 Å². The predicted octanol–water partition coefficient (Wildman–Crippen LogP) is -0.613. The van der Waals surface area contributed by atoms with Crippen LogP contribution in [0.5, 0.6) is 0 Å². The monoisotopic (exact) mass is 133 g/mol. The average molecular weight is 133 g/mol. The molecule has 0 aliphatic rings. The van der Waals surface area contributed by atoms with E-state index in [1.807, 2.05) is 0 Å². The molecule has 0 radical (unpaired) electrons. The quantitative estimate of drug-likeness (QED) is 0.449. The van der Waals surface area contributed by atoms with Crippen LogP contribution in [0.15, 0.2) is 0 Å². The van der Waals surface area contributed by atoms with E-state index in [4.69, 9.17) is 10.2 Å². The first-order chi connectivity index (χ1) is 4.04. The number of aliphatic carboxylic acids is 1. The van der Waals surface area contributed by atoms with Gasteiger partial charge in [0.05, 0.1) is 0 Å². The number of rotatable bonds is 3. The lowest BCUT2D eigenvalue weighted by molar-refractivity contribution is -0.139. The largest absolute Gasteiger partial charge is 0.480 e. The Balaban J connectivity index is 3.50. The van der Waals surface area contributed by atoms with Crippen molar-refractivity contribution in [3.8, 4) is 0 Å². The van der Waals surface area contributed by atoms with E-state index in [0.29, 0.717) is 0 Å². The number of carboxylic acid groups (broad SMARTS) is 1. The molecule has 0 fully saturated rings. The van der Waals surface area contributed by atoms with Crippen molar-refractivity contribution in [1.82, 2.24) is 5.32 Å². The van der Waals surface area contributed by atoms with E-state index >= 15 is 0 Å². The highest BCUT2D eigenvalue weighted by molar-refractivity contribution is 5.72. The SMILES string of the molecule is CC(O)N[C@@H](C)C(=O)O. The molecule has 0 spiro atoms. The topological polar surface area (TPSA) is 69.6 Å². The summed E-state index contributed by atoms with van der Waals surface area (Å²) < 4.78 is 0. The summed E-state index contributed by atoms with van der Waals surface area (Å²) in [5, 5.41) is 19.3. The Bertz CT molecular complexity index is 102. The van der Waals surface area contributed by atoms with Crippen LogP contribution < -0.4 is 5.32 Å². The minimum absolute atomic E-state index is 0.690. The zero-order valence-corrected chi connectivity index (χ0v) is 5.46. The van der Waals surface area contributed by atoms with Crippen LogP contribution in [-0.2, 0) is 4.79 Å². The van der Waals surface area contributed by atoms with E-state index in [1.165, 1.54) is 13.8 Å². The fourth-order valence-electron chi connectivity index (χ4n) is 0.433. The molecule has 54 valence electrons. The number of aliphatic hydroxyl groups excluding tert-OH is 1. The molecular formula is C5H11NO3. The molecule has 0 heterocycles. The van der Waals surface area contributed by atoms with Crippen molar-refractivity contribution in [3.63, 3.8) is 0 Å². The van der Waals surface area contributed by atoms with Crippen molar-refractivity contribution in [2.24, 2.45) is 0 Å². The second kappa shape index (κ2) is 3.42. The van der Waals surface area contributed by atoms with E-state index in [1.54, 1.807) is 0 Å². The van der Waals surface area contributed by atoms with E-state index in [0.717, 1.165) is 0 Å². The summed E-state index contributed by atoms with van der Waals surface area (Å²) in [5.74, 6) is -0.962. The standard InChI is InChI=1S/C5H11NO3/c1-3(5(8)9)6-4(2)7/h3-4,6-7H,1-2H3,(H,8,9)/t3-,4?/m0/s1. The van der Waals surface area contributed by atoms with E-state index in [2.05, 4.69) is 5.32 Å². The third kappa shape index (κ3) is 3.93. The van der Waals surface area contributed by atoms with Gasteiger partial charge in [0, 0.05) is 0 Å². The summed E-state index contributed by atoms with van der Waals surface area (Å²) in [6.45, 7) is 2.94. The molecule has 9 heavy (non-hydrogen) atoms. The fourth-order valence-corrected chi connectivity index (χ4v) is 0.433. The Labute approximate surface area is 53.5 Å². The zero-order chi connectivity index (χ0) is 7.44. The molecule has 0 aliphatic carbocycles. The molecule has 1 unspecified atom stereocenters. The first-order valence-corrected chi connectivity index (χ1v) is 2.71. The van der Waals surface area contributed by atoms with Crippen LogP contribution in [0.4, 0.5) is 0 Å². The van der Waals surface area contributed by atoms with E-state index < -0.39 is 18.2 Å². The van der Waals surface area contributed by atoms with Gasteiger partial charge in [0.15, 0.2) is 0 Å². The number of carbonyl (C=O) groups is 1. The average Bonchev–Trinajstić information content (AvgIpc) is 1.63. The summed E-state index contributed by atoms with van der Waals surface area (Å²) in [5.41, 5.74) is 0. The number of nitrogens with one attached hydrogen (secondary N) is 1. The smallest absolute Gasteiger partial charge is 0.320 e. The van der Waals surface area contributed by atoms with Crippen molar-refractivity contribution in [3.05, 3.63) is 0 Å². The summed E-state index contributed by atoms with van der Waals surface area (Å²) in [7, 11) is 0. The van der Waals surface area contributed by atoms with Gasteiger partial charge < -0.3 is 10.2 Å². The predicted molar refractivity (Wildman–Crippen MR) is 31.9 cm³/mol. The summed E-state index contributed by atoms with van der Waals surface area (Å²) in [6.07, 6.45) is -0.768. The van der Waals surface area contributed by atoms with Gasteiger partial charge in [0.2, 0.25) is 0 Å². The van der Waals surface area contributed by atoms with Crippen LogP contribution in [0.25, 0.3) is 0 Å². The third-order valence-electron chi connectivity index (χ3n) is 0.862. The van der Waals surface area contributed by atoms with Crippen LogP contribution in [-0.4, -0.2) is 28.5 Å². The first-order valence-electron chi connectivity index (χ1n) is 2.71. The van der Waals surface area contributed by atoms with Gasteiger partial charge in [0.25, 0.3) is 0 Å². The number of hydrogen-bond donors (Lipinski definition) is 3. The van der Waals surface area contributed by atoms with E-state index in [9.17, 15) is 4.79 Å². The van der Waals surface area contributed by atoms with Gasteiger partial charge in [-0.25, -0.2) is 0 Å². The maximum Gasteiger partial charge on any atom is 0.320 e. The number of aliphatic hydroxyl groups is 1. The molecule has 4 heteroatoms. The number of hydrogen-bond acceptors (Lipinski definition) is 3.